The maximum Gasteiger partial charge on any atom is 0.0434 e. The van der Waals surface area contributed by atoms with Crippen LogP contribution in [0.2, 0.25) is 0 Å². The molecule has 1 aliphatic rings. The van der Waals surface area contributed by atoms with E-state index in [2.05, 4.69) is 25.7 Å². The third kappa shape index (κ3) is 3.74. The lowest BCUT2D eigenvalue weighted by Crippen LogP contribution is -2.43. The van der Waals surface area contributed by atoms with E-state index in [1.807, 2.05) is 0 Å². The molecule has 1 aliphatic heterocycles. The van der Waals surface area contributed by atoms with E-state index in [0.717, 1.165) is 19.5 Å². The van der Waals surface area contributed by atoms with E-state index >= 15 is 0 Å². The first-order valence-corrected chi connectivity index (χ1v) is 6.04. The number of rotatable bonds is 5. The largest absolute Gasteiger partial charge is 0.396 e. The molecule has 0 aromatic rings. The highest BCUT2D eigenvalue weighted by atomic mass is 16.3. The van der Waals surface area contributed by atoms with E-state index in [9.17, 15) is 0 Å². The van der Waals surface area contributed by atoms with E-state index in [0.29, 0.717) is 12.5 Å². The van der Waals surface area contributed by atoms with Crippen LogP contribution >= 0.6 is 0 Å². The molecule has 1 fully saturated rings. The lowest BCUT2D eigenvalue weighted by Gasteiger charge is -2.33. The highest BCUT2D eigenvalue weighted by Gasteiger charge is 2.29. The molecule has 2 atom stereocenters. The van der Waals surface area contributed by atoms with Gasteiger partial charge in [-0.15, -0.1) is 0 Å². The summed E-state index contributed by atoms with van der Waals surface area (Å²) in [7, 11) is 0. The molecule has 0 bridgehead atoms. The van der Waals surface area contributed by atoms with E-state index < -0.39 is 0 Å². The summed E-state index contributed by atoms with van der Waals surface area (Å²) < 4.78 is 0. The van der Waals surface area contributed by atoms with Crippen molar-refractivity contribution in [2.75, 3.05) is 26.2 Å². The fourth-order valence-corrected chi connectivity index (χ4v) is 2.19. The van der Waals surface area contributed by atoms with Crippen LogP contribution in [-0.4, -0.2) is 42.3 Å². The summed E-state index contributed by atoms with van der Waals surface area (Å²) in [6.45, 7) is 10.3. The van der Waals surface area contributed by atoms with Crippen molar-refractivity contribution in [2.45, 2.75) is 39.7 Å². The first-order valence-electron chi connectivity index (χ1n) is 6.04. The Balaban J connectivity index is 2.35. The normalized spacial score (nSPS) is 25.8. The van der Waals surface area contributed by atoms with Crippen molar-refractivity contribution >= 4 is 0 Å². The van der Waals surface area contributed by atoms with Crippen LogP contribution in [-0.2, 0) is 0 Å². The average molecular weight is 214 g/mol. The minimum Gasteiger partial charge on any atom is -0.396 e. The quantitative estimate of drug-likeness (QED) is 0.719. The van der Waals surface area contributed by atoms with E-state index in [-0.39, 0.29) is 11.5 Å². The fourth-order valence-electron chi connectivity index (χ4n) is 2.19. The highest BCUT2D eigenvalue weighted by Crippen LogP contribution is 2.26. The monoisotopic (exact) mass is 214 g/mol. The van der Waals surface area contributed by atoms with Gasteiger partial charge in [-0.05, 0) is 37.6 Å². The van der Waals surface area contributed by atoms with Gasteiger partial charge in [-0.25, -0.2) is 0 Å². The van der Waals surface area contributed by atoms with Gasteiger partial charge < -0.3 is 15.7 Å². The Kier molecular flexibility index (Phi) is 4.56. The zero-order valence-corrected chi connectivity index (χ0v) is 10.4. The van der Waals surface area contributed by atoms with Crippen LogP contribution in [0.15, 0.2) is 0 Å². The summed E-state index contributed by atoms with van der Waals surface area (Å²) in [4.78, 5) is 2.49. The summed E-state index contributed by atoms with van der Waals surface area (Å²) in [6, 6.07) is 0.231. The first kappa shape index (κ1) is 12.9. The van der Waals surface area contributed by atoms with Gasteiger partial charge in [0.05, 0.1) is 0 Å². The summed E-state index contributed by atoms with van der Waals surface area (Å²) >= 11 is 0. The minimum absolute atomic E-state index is 0.189. The molecule has 3 heteroatoms. The molecule has 0 saturated carbocycles. The molecule has 0 aromatic carbocycles. The second-order valence-corrected chi connectivity index (χ2v) is 5.68. The number of aliphatic hydroxyl groups is 1. The highest BCUT2D eigenvalue weighted by molar-refractivity contribution is 4.85. The number of hydrogen-bond acceptors (Lipinski definition) is 3. The maximum atomic E-state index is 8.90. The van der Waals surface area contributed by atoms with E-state index in [1.165, 1.54) is 13.0 Å². The van der Waals surface area contributed by atoms with Gasteiger partial charge in [0.25, 0.3) is 0 Å². The van der Waals surface area contributed by atoms with Crippen molar-refractivity contribution < 1.29 is 5.11 Å². The third-order valence-electron chi connectivity index (χ3n) is 3.77. The zero-order valence-electron chi connectivity index (χ0n) is 10.4. The molecule has 3 N–H and O–H groups in total. The lowest BCUT2D eigenvalue weighted by atomic mass is 9.85. The molecule has 1 rings (SSSR count). The molecule has 0 radical (unpaired) electrons. The smallest absolute Gasteiger partial charge is 0.0434 e. The molecule has 0 spiro atoms. The molecular formula is C12H26N2O. The van der Waals surface area contributed by atoms with Crippen LogP contribution in [0.4, 0.5) is 0 Å². The number of likely N-dealkylation sites (tertiary alicyclic amines) is 1. The summed E-state index contributed by atoms with van der Waals surface area (Å²) in [5, 5.41) is 8.90. The van der Waals surface area contributed by atoms with Crippen LogP contribution in [0.25, 0.3) is 0 Å². The Labute approximate surface area is 93.6 Å². The second kappa shape index (κ2) is 5.28. The topological polar surface area (TPSA) is 49.5 Å². The van der Waals surface area contributed by atoms with Gasteiger partial charge >= 0.3 is 0 Å². The van der Waals surface area contributed by atoms with Gasteiger partial charge in [-0.3, -0.25) is 0 Å². The predicted molar refractivity (Wildman–Crippen MR) is 63.7 cm³/mol. The van der Waals surface area contributed by atoms with Crippen molar-refractivity contribution in [3.63, 3.8) is 0 Å². The summed E-state index contributed by atoms with van der Waals surface area (Å²) in [5.74, 6) is 0.693. The Morgan fingerprint density at radius 3 is 2.73 bits per heavy atom. The van der Waals surface area contributed by atoms with Crippen LogP contribution in [0.5, 0.6) is 0 Å². The Bertz CT molecular complexity index is 192. The van der Waals surface area contributed by atoms with Gasteiger partial charge in [0.2, 0.25) is 0 Å². The average Bonchev–Trinajstić information content (AvgIpc) is 2.52. The molecule has 3 nitrogen and oxygen atoms in total. The Morgan fingerprint density at radius 2 is 2.20 bits per heavy atom. The zero-order chi connectivity index (χ0) is 11.5. The summed E-state index contributed by atoms with van der Waals surface area (Å²) in [5.41, 5.74) is 6.16. The number of hydrogen-bond donors (Lipinski definition) is 2. The minimum atomic E-state index is 0.189. The molecule has 0 amide bonds. The van der Waals surface area contributed by atoms with Gasteiger partial charge in [0.1, 0.15) is 0 Å². The fraction of sp³-hybridized carbons (Fsp3) is 1.00. The standard InChI is InChI=1S/C12H26N2O/c1-10(13)12(2,3)9-14-6-4-11(8-14)5-7-15/h10-11,15H,4-9,13H2,1-3H3. The van der Waals surface area contributed by atoms with Crippen molar-refractivity contribution in [3.05, 3.63) is 0 Å². The molecule has 2 unspecified atom stereocenters. The van der Waals surface area contributed by atoms with Gasteiger partial charge in [-0.2, -0.15) is 0 Å². The van der Waals surface area contributed by atoms with Crippen LogP contribution in [0.1, 0.15) is 33.6 Å². The van der Waals surface area contributed by atoms with Crippen molar-refractivity contribution in [1.29, 1.82) is 0 Å². The van der Waals surface area contributed by atoms with E-state index in [4.69, 9.17) is 10.8 Å². The van der Waals surface area contributed by atoms with Crippen molar-refractivity contribution in [3.8, 4) is 0 Å². The maximum absolute atomic E-state index is 8.90. The predicted octanol–water partition coefficient (Wildman–Crippen LogP) is 1.06. The molecule has 90 valence electrons. The summed E-state index contributed by atoms with van der Waals surface area (Å²) in [6.07, 6.45) is 2.19. The lowest BCUT2D eigenvalue weighted by molar-refractivity contribution is 0.175. The third-order valence-corrected chi connectivity index (χ3v) is 3.77. The molecule has 1 saturated heterocycles. The van der Waals surface area contributed by atoms with Gasteiger partial charge in [0.15, 0.2) is 0 Å². The SMILES string of the molecule is CC(N)C(C)(C)CN1CCC(CCO)C1. The molecule has 0 aliphatic carbocycles. The Hall–Kier alpha value is -0.120. The Morgan fingerprint density at radius 1 is 1.53 bits per heavy atom. The second-order valence-electron chi connectivity index (χ2n) is 5.68. The molecular weight excluding hydrogens is 188 g/mol. The number of aliphatic hydroxyl groups excluding tert-OH is 1. The van der Waals surface area contributed by atoms with Crippen molar-refractivity contribution in [2.24, 2.45) is 17.1 Å². The van der Waals surface area contributed by atoms with Gasteiger partial charge in [-0.1, -0.05) is 13.8 Å². The van der Waals surface area contributed by atoms with Gasteiger partial charge in [0, 0.05) is 25.7 Å². The molecule has 0 aromatic heterocycles. The number of nitrogens with zero attached hydrogens (tertiary/aromatic N) is 1. The van der Waals surface area contributed by atoms with E-state index in [1.54, 1.807) is 0 Å². The van der Waals surface area contributed by atoms with Crippen LogP contribution < -0.4 is 5.73 Å². The molecule has 15 heavy (non-hydrogen) atoms. The van der Waals surface area contributed by atoms with Crippen LogP contribution in [0.3, 0.4) is 0 Å². The molecule has 1 heterocycles. The number of nitrogens with two attached hydrogens (primary N) is 1. The van der Waals surface area contributed by atoms with Crippen molar-refractivity contribution in [1.82, 2.24) is 4.90 Å². The first-order chi connectivity index (χ1) is 6.95. The van der Waals surface area contributed by atoms with Crippen LogP contribution in [0, 0.1) is 11.3 Å².